The van der Waals surface area contributed by atoms with Gasteiger partial charge in [0.15, 0.2) is 0 Å². The Hall–Kier alpha value is -3.27. The molecule has 0 aromatic heterocycles. The Morgan fingerprint density at radius 1 is 0.893 bits per heavy atom. The lowest BCUT2D eigenvalue weighted by molar-refractivity contribution is 0.102. The van der Waals surface area contributed by atoms with Crippen LogP contribution in [0, 0.1) is 5.92 Å². The monoisotopic (exact) mass is 375 g/mol. The average molecular weight is 375 g/mol. The van der Waals surface area contributed by atoms with Crippen molar-refractivity contribution in [1.29, 1.82) is 0 Å². The van der Waals surface area contributed by atoms with E-state index < -0.39 is 0 Å². The highest BCUT2D eigenvalue weighted by molar-refractivity contribution is 6.05. The summed E-state index contributed by atoms with van der Waals surface area (Å²) in [5.74, 6) is 1.52. The summed E-state index contributed by atoms with van der Waals surface area (Å²) < 4.78 is 11.6. The van der Waals surface area contributed by atoms with Crippen LogP contribution in [0.4, 0.5) is 5.69 Å². The topological polar surface area (TPSA) is 47.6 Å². The normalized spacial score (nSPS) is 10.5. The minimum Gasteiger partial charge on any atom is -0.491 e. The third kappa shape index (κ3) is 5.61. The number of rotatable bonds is 8. The van der Waals surface area contributed by atoms with E-state index in [1.54, 1.807) is 12.1 Å². The van der Waals surface area contributed by atoms with Crippen molar-refractivity contribution in [3.8, 4) is 11.5 Å². The molecule has 28 heavy (non-hydrogen) atoms. The van der Waals surface area contributed by atoms with Gasteiger partial charge in [-0.25, -0.2) is 0 Å². The smallest absolute Gasteiger partial charge is 0.255 e. The van der Waals surface area contributed by atoms with Gasteiger partial charge in [0, 0.05) is 5.56 Å². The molecule has 0 unspecified atom stereocenters. The van der Waals surface area contributed by atoms with Gasteiger partial charge in [0.25, 0.3) is 5.91 Å². The molecule has 0 aliphatic heterocycles. The fourth-order valence-corrected chi connectivity index (χ4v) is 2.61. The molecular weight excluding hydrogens is 350 g/mol. The number of para-hydroxylation sites is 2. The first-order valence-corrected chi connectivity index (χ1v) is 9.42. The third-order valence-electron chi connectivity index (χ3n) is 4.05. The van der Waals surface area contributed by atoms with Crippen molar-refractivity contribution in [2.75, 3.05) is 11.9 Å². The molecule has 0 saturated heterocycles. The first-order valence-electron chi connectivity index (χ1n) is 9.42. The van der Waals surface area contributed by atoms with Crippen LogP contribution in [0.5, 0.6) is 11.5 Å². The number of carbonyl (C=O) groups is 1. The van der Waals surface area contributed by atoms with Gasteiger partial charge in [0.1, 0.15) is 18.1 Å². The van der Waals surface area contributed by atoms with E-state index in [2.05, 4.69) is 19.2 Å². The zero-order chi connectivity index (χ0) is 19.8. The van der Waals surface area contributed by atoms with Crippen LogP contribution >= 0.6 is 0 Å². The lowest BCUT2D eigenvalue weighted by atomic mass is 10.2. The standard InChI is InChI=1S/C24H25NO3/c1-18(2)16-28-23-14-7-6-13-22(23)25-24(26)20-11-8-12-21(15-20)27-17-19-9-4-3-5-10-19/h3-15,18H,16-17H2,1-2H3,(H,25,26). The van der Waals surface area contributed by atoms with Gasteiger partial charge in [-0.2, -0.15) is 0 Å². The molecule has 3 aromatic rings. The van der Waals surface area contributed by atoms with E-state index in [1.807, 2.05) is 66.7 Å². The summed E-state index contributed by atoms with van der Waals surface area (Å²) in [6, 6.07) is 24.6. The van der Waals surface area contributed by atoms with Crippen molar-refractivity contribution < 1.29 is 14.3 Å². The second-order valence-corrected chi connectivity index (χ2v) is 6.96. The molecule has 1 N–H and O–H groups in total. The minimum absolute atomic E-state index is 0.203. The Bertz CT molecular complexity index is 906. The fraction of sp³-hybridized carbons (Fsp3) is 0.208. The molecule has 0 aliphatic carbocycles. The van der Waals surface area contributed by atoms with Gasteiger partial charge in [-0.1, -0.05) is 62.4 Å². The number of amides is 1. The van der Waals surface area contributed by atoms with Gasteiger partial charge in [-0.05, 0) is 41.8 Å². The second kappa shape index (κ2) is 9.60. The predicted molar refractivity (Wildman–Crippen MR) is 112 cm³/mol. The molecule has 3 aromatic carbocycles. The molecule has 0 bridgehead atoms. The van der Waals surface area contributed by atoms with Crippen LogP contribution < -0.4 is 14.8 Å². The van der Waals surface area contributed by atoms with Gasteiger partial charge in [-0.15, -0.1) is 0 Å². The fourth-order valence-electron chi connectivity index (χ4n) is 2.61. The average Bonchev–Trinajstić information content (AvgIpc) is 2.72. The van der Waals surface area contributed by atoms with E-state index in [0.717, 1.165) is 5.56 Å². The molecule has 0 spiro atoms. The van der Waals surface area contributed by atoms with Crippen molar-refractivity contribution in [3.63, 3.8) is 0 Å². The molecular formula is C24H25NO3. The molecule has 3 rings (SSSR count). The quantitative estimate of drug-likeness (QED) is 0.561. The van der Waals surface area contributed by atoms with Crippen molar-refractivity contribution in [1.82, 2.24) is 0 Å². The zero-order valence-corrected chi connectivity index (χ0v) is 16.2. The molecule has 4 heteroatoms. The SMILES string of the molecule is CC(C)COc1ccccc1NC(=O)c1cccc(OCc2ccccc2)c1. The molecule has 0 fully saturated rings. The molecule has 0 heterocycles. The van der Waals surface area contributed by atoms with Gasteiger partial charge >= 0.3 is 0 Å². The number of carbonyl (C=O) groups excluding carboxylic acids is 1. The van der Waals surface area contributed by atoms with Crippen LogP contribution in [-0.4, -0.2) is 12.5 Å². The Kier molecular flexibility index (Phi) is 6.68. The summed E-state index contributed by atoms with van der Waals surface area (Å²) in [7, 11) is 0. The van der Waals surface area contributed by atoms with E-state index in [-0.39, 0.29) is 5.91 Å². The van der Waals surface area contributed by atoms with E-state index in [0.29, 0.717) is 41.9 Å². The molecule has 0 saturated carbocycles. The third-order valence-corrected chi connectivity index (χ3v) is 4.05. The van der Waals surface area contributed by atoms with Gasteiger partial charge in [0.05, 0.1) is 12.3 Å². The lowest BCUT2D eigenvalue weighted by Crippen LogP contribution is -2.14. The number of nitrogens with one attached hydrogen (secondary N) is 1. The summed E-state index contributed by atoms with van der Waals surface area (Å²) in [5, 5.41) is 2.93. The first kappa shape index (κ1) is 19.5. The van der Waals surface area contributed by atoms with Crippen molar-refractivity contribution in [3.05, 3.63) is 90.0 Å². The van der Waals surface area contributed by atoms with E-state index in [9.17, 15) is 4.79 Å². The molecule has 0 atom stereocenters. The Labute approximate surface area is 166 Å². The van der Waals surface area contributed by atoms with Crippen LogP contribution in [0.25, 0.3) is 0 Å². The summed E-state index contributed by atoms with van der Waals surface area (Å²) in [6.07, 6.45) is 0. The molecule has 4 nitrogen and oxygen atoms in total. The van der Waals surface area contributed by atoms with Crippen LogP contribution in [0.2, 0.25) is 0 Å². The Balaban J connectivity index is 1.66. The maximum absolute atomic E-state index is 12.7. The van der Waals surface area contributed by atoms with Crippen LogP contribution in [0.1, 0.15) is 29.8 Å². The highest BCUT2D eigenvalue weighted by Crippen LogP contribution is 2.25. The summed E-state index contributed by atoms with van der Waals surface area (Å²) in [4.78, 5) is 12.7. The maximum atomic E-state index is 12.7. The van der Waals surface area contributed by atoms with Gasteiger partial charge in [-0.3, -0.25) is 4.79 Å². The predicted octanol–water partition coefficient (Wildman–Crippen LogP) is 5.55. The van der Waals surface area contributed by atoms with Gasteiger partial charge in [0.2, 0.25) is 0 Å². The summed E-state index contributed by atoms with van der Waals surface area (Å²) in [6.45, 7) is 5.22. The largest absolute Gasteiger partial charge is 0.491 e. The van der Waals surface area contributed by atoms with E-state index in [4.69, 9.17) is 9.47 Å². The van der Waals surface area contributed by atoms with Gasteiger partial charge < -0.3 is 14.8 Å². The van der Waals surface area contributed by atoms with E-state index in [1.165, 1.54) is 0 Å². The maximum Gasteiger partial charge on any atom is 0.255 e. The van der Waals surface area contributed by atoms with E-state index >= 15 is 0 Å². The highest BCUT2D eigenvalue weighted by atomic mass is 16.5. The number of hydrogen-bond acceptors (Lipinski definition) is 3. The van der Waals surface area contributed by atoms with Crippen molar-refractivity contribution in [2.45, 2.75) is 20.5 Å². The number of ether oxygens (including phenoxy) is 2. The number of hydrogen-bond donors (Lipinski definition) is 1. The van der Waals surface area contributed by atoms with Crippen molar-refractivity contribution in [2.24, 2.45) is 5.92 Å². The molecule has 1 amide bonds. The number of anilines is 1. The molecule has 144 valence electrons. The highest BCUT2D eigenvalue weighted by Gasteiger charge is 2.11. The lowest BCUT2D eigenvalue weighted by Gasteiger charge is -2.14. The Morgan fingerprint density at radius 3 is 2.43 bits per heavy atom. The Morgan fingerprint density at radius 2 is 1.64 bits per heavy atom. The van der Waals surface area contributed by atoms with Crippen LogP contribution in [-0.2, 0) is 6.61 Å². The van der Waals surface area contributed by atoms with Crippen LogP contribution in [0.3, 0.4) is 0 Å². The number of benzene rings is 3. The first-order chi connectivity index (χ1) is 13.6. The summed E-state index contributed by atoms with van der Waals surface area (Å²) in [5.41, 5.74) is 2.27. The van der Waals surface area contributed by atoms with Crippen LogP contribution in [0.15, 0.2) is 78.9 Å². The van der Waals surface area contributed by atoms with Crippen molar-refractivity contribution >= 4 is 11.6 Å². The summed E-state index contributed by atoms with van der Waals surface area (Å²) >= 11 is 0. The second-order valence-electron chi connectivity index (χ2n) is 6.96. The zero-order valence-electron chi connectivity index (χ0n) is 16.2. The molecule has 0 radical (unpaired) electrons. The molecule has 0 aliphatic rings. The minimum atomic E-state index is -0.203.